The molecule has 0 aliphatic carbocycles. The Morgan fingerprint density at radius 1 is 0.963 bits per heavy atom. The zero-order valence-corrected chi connectivity index (χ0v) is 15.7. The number of nitrogens with zero attached hydrogens (tertiary/aromatic N) is 2. The third kappa shape index (κ3) is 7.74. The van der Waals surface area contributed by atoms with Gasteiger partial charge in [-0.1, -0.05) is 18.2 Å². The van der Waals surface area contributed by atoms with Gasteiger partial charge in [0.2, 0.25) is 5.91 Å². The van der Waals surface area contributed by atoms with Crippen LogP contribution in [-0.4, -0.2) is 23.6 Å². The molecule has 8 heteroatoms. The maximum Gasteiger partial charge on any atom is 0.306 e. The van der Waals surface area contributed by atoms with Crippen LogP contribution >= 0.6 is 12.2 Å². The van der Waals surface area contributed by atoms with Gasteiger partial charge in [0.1, 0.15) is 0 Å². The third-order valence-electron chi connectivity index (χ3n) is 3.28. The van der Waals surface area contributed by atoms with Gasteiger partial charge in [0.15, 0.2) is 5.11 Å². The lowest BCUT2D eigenvalue weighted by molar-refractivity contribution is -0.144. The summed E-state index contributed by atoms with van der Waals surface area (Å²) in [5.41, 5.74) is 2.16. The van der Waals surface area contributed by atoms with E-state index in [-0.39, 0.29) is 23.9 Å². The van der Waals surface area contributed by atoms with Crippen LogP contribution in [0.15, 0.2) is 64.8 Å². The van der Waals surface area contributed by atoms with Crippen molar-refractivity contribution in [2.24, 2.45) is 10.2 Å². The Kier molecular flexibility index (Phi) is 8.05. The van der Waals surface area contributed by atoms with Crippen molar-refractivity contribution in [1.82, 2.24) is 5.32 Å². The predicted octanol–water partition coefficient (Wildman–Crippen LogP) is 4.26. The van der Waals surface area contributed by atoms with Crippen LogP contribution in [0.3, 0.4) is 0 Å². The van der Waals surface area contributed by atoms with Crippen molar-refractivity contribution in [2.45, 2.75) is 19.8 Å². The molecule has 1 amide bonds. The van der Waals surface area contributed by atoms with Gasteiger partial charge in [0, 0.05) is 12.1 Å². The Hall–Kier alpha value is -3.13. The number of azo groups is 1. The molecule has 0 bridgehead atoms. The molecule has 2 aromatic carbocycles. The summed E-state index contributed by atoms with van der Waals surface area (Å²) in [6, 6.07) is 16.5. The summed E-state index contributed by atoms with van der Waals surface area (Å²) in [5.74, 6) is -0.763. The van der Waals surface area contributed by atoms with Gasteiger partial charge < -0.3 is 15.4 Å². The van der Waals surface area contributed by atoms with Gasteiger partial charge in [0.25, 0.3) is 0 Å². The minimum absolute atomic E-state index is 0.0134. The molecule has 0 saturated heterocycles. The number of hydrogen-bond donors (Lipinski definition) is 2. The highest BCUT2D eigenvalue weighted by atomic mass is 32.1. The molecular weight excluding hydrogens is 364 g/mol. The number of carbonyl (C=O) groups is 2. The molecule has 0 aromatic heterocycles. The molecule has 0 aliphatic rings. The molecule has 0 atom stereocenters. The van der Waals surface area contributed by atoms with Crippen molar-refractivity contribution < 1.29 is 14.3 Å². The van der Waals surface area contributed by atoms with Crippen molar-refractivity contribution in [3.8, 4) is 0 Å². The van der Waals surface area contributed by atoms with Crippen molar-refractivity contribution in [3.63, 3.8) is 0 Å². The van der Waals surface area contributed by atoms with E-state index < -0.39 is 5.97 Å². The topological polar surface area (TPSA) is 92.2 Å². The van der Waals surface area contributed by atoms with E-state index in [1.807, 2.05) is 30.3 Å². The Balaban J connectivity index is 1.80. The van der Waals surface area contributed by atoms with Crippen LogP contribution in [0.4, 0.5) is 17.1 Å². The molecule has 0 unspecified atom stereocenters. The fraction of sp³-hybridized carbons (Fsp3) is 0.211. The van der Waals surface area contributed by atoms with Crippen LogP contribution < -0.4 is 10.6 Å². The number of hydrogen-bond acceptors (Lipinski definition) is 6. The van der Waals surface area contributed by atoms with E-state index in [0.29, 0.717) is 18.0 Å². The first kappa shape index (κ1) is 20.2. The highest BCUT2D eigenvalue weighted by molar-refractivity contribution is 7.80. The Labute approximate surface area is 162 Å². The van der Waals surface area contributed by atoms with Crippen molar-refractivity contribution in [1.29, 1.82) is 0 Å². The molecule has 0 spiro atoms. The maximum atomic E-state index is 11.8. The zero-order chi connectivity index (χ0) is 19.5. The van der Waals surface area contributed by atoms with Crippen molar-refractivity contribution in [3.05, 3.63) is 54.6 Å². The Bertz CT molecular complexity index is 807. The van der Waals surface area contributed by atoms with Gasteiger partial charge in [-0.25, -0.2) is 0 Å². The standard InChI is InChI=1S/C19H20N4O3S/c1-2-26-18(25)13-12-17(24)21-19(27)20-14-8-10-16(11-9-14)23-22-15-6-4-3-5-7-15/h3-11H,2,12-13H2,1H3,(H2,20,21,24,27). The summed E-state index contributed by atoms with van der Waals surface area (Å²) in [4.78, 5) is 23.0. The summed E-state index contributed by atoms with van der Waals surface area (Å²) in [6.07, 6.45) is 0.0306. The summed E-state index contributed by atoms with van der Waals surface area (Å²) >= 11 is 5.09. The monoisotopic (exact) mass is 384 g/mol. The number of ether oxygens (including phenoxy) is 1. The Morgan fingerprint density at radius 3 is 2.22 bits per heavy atom. The molecule has 2 rings (SSSR count). The van der Waals surface area contributed by atoms with E-state index in [1.54, 1.807) is 31.2 Å². The Morgan fingerprint density at radius 2 is 1.59 bits per heavy atom. The van der Waals surface area contributed by atoms with Crippen LogP contribution in [0.1, 0.15) is 19.8 Å². The molecule has 0 heterocycles. The number of nitrogens with one attached hydrogen (secondary N) is 2. The summed E-state index contributed by atoms with van der Waals surface area (Å²) in [5, 5.41) is 13.9. The van der Waals surface area contributed by atoms with E-state index in [9.17, 15) is 9.59 Å². The number of rotatable bonds is 7. The van der Waals surface area contributed by atoms with E-state index in [1.165, 1.54) is 0 Å². The second kappa shape index (κ2) is 10.8. The first-order valence-corrected chi connectivity index (χ1v) is 8.81. The number of amides is 1. The lowest BCUT2D eigenvalue weighted by atomic mass is 10.3. The molecule has 7 nitrogen and oxygen atoms in total. The highest BCUT2D eigenvalue weighted by Crippen LogP contribution is 2.19. The molecular formula is C19H20N4O3S. The highest BCUT2D eigenvalue weighted by Gasteiger charge is 2.09. The normalized spacial score (nSPS) is 10.4. The zero-order valence-electron chi connectivity index (χ0n) is 14.8. The van der Waals surface area contributed by atoms with Gasteiger partial charge in [-0.05, 0) is 55.5 Å². The molecule has 0 aliphatic heterocycles. The number of benzene rings is 2. The van der Waals surface area contributed by atoms with Gasteiger partial charge in [0.05, 0.1) is 24.4 Å². The molecule has 0 fully saturated rings. The summed E-state index contributed by atoms with van der Waals surface area (Å²) < 4.78 is 4.77. The summed E-state index contributed by atoms with van der Waals surface area (Å²) in [7, 11) is 0. The lowest BCUT2D eigenvalue weighted by Crippen LogP contribution is -2.34. The van der Waals surface area contributed by atoms with Crippen molar-refractivity contribution >= 4 is 46.3 Å². The largest absolute Gasteiger partial charge is 0.466 e. The predicted molar refractivity (Wildman–Crippen MR) is 107 cm³/mol. The van der Waals surface area contributed by atoms with Gasteiger partial charge in [-0.2, -0.15) is 10.2 Å². The molecule has 0 saturated carbocycles. The van der Waals surface area contributed by atoms with Crippen LogP contribution in [-0.2, 0) is 14.3 Å². The second-order valence-corrected chi connectivity index (χ2v) is 5.80. The van der Waals surface area contributed by atoms with Gasteiger partial charge in [-0.3, -0.25) is 9.59 Å². The van der Waals surface area contributed by atoms with Gasteiger partial charge in [-0.15, -0.1) is 0 Å². The first-order valence-electron chi connectivity index (χ1n) is 8.40. The molecule has 2 N–H and O–H groups in total. The fourth-order valence-corrected chi connectivity index (χ4v) is 2.25. The minimum atomic E-state index is -0.410. The lowest BCUT2D eigenvalue weighted by Gasteiger charge is -2.09. The van der Waals surface area contributed by atoms with Crippen LogP contribution in [0.2, 0.25) is 0 Å². The van der Waals surface area contributed by atoms with Gasteiger partial charge >= 0.3 is 5.97 Å². The van der Waals surface area contributed by atoms with Crippen LogP contribution in [0, 0.1) is 0 Å². The number of thiocarbonyl (C=S) groups is 1. The first-order chi connectivity index (χ1) is 13.1. The maximum absolute atomic E-state index is 11.8. The van der Waals surface area contributed by atoms with E-state index in [2.05, 4.69) is 20.9 Å². The van der Waals surface area contributed by atoms with Crippen LogP contribution in [0.5, 0.6) is 0 Å². The van der Waals surface area contributed by atoms with Crippen LogP contribution in [0.25, 0.3) is 0 Å². The smallest absolute Gasteiger partial charge is 0.306 e. The minimum Gasteiger partial charge on any atom is -0.466 e. The van der Waals surface area contributed by atoms with E-state index in [4.69, 9.17) is 17.0 Å². The molecule has 0 radical (unpaired) electrons. The van der Waals surface area contributed by atoms with E-state index in [0.717, 1.165) is 5.69 Å². The number of esters is 1. The molecule has 140 valence electrons. The number of anilines is 1. The quantitative estimate of drug-likeness (QED) is 0.423. The third-order valence-corrected chi connectivity index (χ3v) is 3.48. The molecule has 27 heavy (non-hydrogen) atoms. The molecule has 2 aromatic rings. The number of carbonyl (C=O) groups excluding carboxylic acids is 2. The van der Waals surface area contributed by atoms with Crippen molar-refractivity contribution in [2.75, 3.05) is 11.9 Å². The summed E-state index contributed by atoms with van der Waals surface area (Å²) in [6.45, 7) is 2.01. The SMILES string of the molecule is CCOC(=O)CCC(=O)NC(=S)Nc1ccc(N=Nc2ccccc2)cc1. The fourth-order valence-electron chi connectivity index (χ4n) is 2.02. The second-order valence-electron chi connectivity index (χ2n) is 5.39. The average Bonchev–Trinajstić information content (AvgIpc) is 2.67. The van der Waals surface area contributed by atoms with E-state index >= 15 is 0 Å². The average molecular weight is 384 g/mol.